The van der Waals surface area contributed by atoms with Crippen LogP contribution >= 0.6 is 0 Å². The van der Waals surface area contributed by atoms with Crippen molar-refractivity contribution in [2.75, 3.05) is 7.11 Å². The number of methoxy groups -OCH3 is 1. The number of ether oxygens (including phenoxy) is 1. The van der Waals surface area contributed by atoms with Crippen LogP contribution in [0.1, 0.15) is 67.4 Å². The van der Waals surface area contributed by atoms with Crippen LogP contribution in [0.3, 0.4) is 0 Å². The lowest BCUT2D eigenvalue weighted by atomic mass is 9.95. The van der Waals surface area contributed by atoms with E-state index in [0.717, 1.165) is 6.42 Å². The van der Waals surface area contributed by atoms with Crippen molar-refractivity contribution in [2.45, 2.75) is 123 Å². The van der Waals surface area contributed by atoms with E-state index < -0.39 is 22.7 Å². The number of allylic oxidation sites excluding steroid dienone is 2. The fourth-order valence-electron chi connectivity index (χ4n) is 3.97. The summed E-state index contributed by atoms with van der Waals surface area (Å²) in [7, 11) is -2.74. The van der Waals surface area contributed by atoms with Gasteiger partial charge in [-0.15, -0.1) is 0 Å². The van der Waals surface area contributed by atoms with Crippen molar-refractivity contribution < 1.29 is 23.5 Å². The zero-order valence-electron chi connectivity index (χ0n) is 28.7. The number of hydrogen-bond donors (Lipinski definition) is 1. The van der Waals surface area contributed by atoms with E-state index in [4.69, 9.17) is 8.85 Å². The molecule has 0 saturated carbocycles. The fourth-order valence-corrected chi connectivity index (χ4v) is 6.80. The van der Waals surface area contributed by atoms with Crippen molar-refractivity contribution in [3.8, 4) is 0 Å². The van der Waals surface area contributed by atoms with Crippen molar-refractivity contribution in [1.29, 1.82) is 0 Å². The monoisotopic (exact) mass is 616 g/mol. The molecule has 5 nitrogen and oxygen atoms in total. The quantitative estimate of drug-likeness (QED) is 0.0701. The summed E-state index contributed by atoms with van der Waals surface area (Å²) in [5.74, 6) is -0.233. The highest BCUT2D eigenvalue weighted by Crippen LogP contribution is 2.40. The Morgan fingerprint density at radius 2 is 1.31 bits per heavy atom. The summed E-state index contributed by atoms with van der Waals surface area (Å²) in [6, 6.07) is 10.5. The van der Waals surface area contributed by atoms with Gasteiger partial charge in [0.15, 0.2) is 16.6 Å². The third kappa shape index (κ3) is 12.8. The van der Waals surface area contributed by atoms with Gasteiger partial charge >= 0.3 is 5.97 Å². The molecule has 0 aliphatic carbocycles. The molecule has 0 amide bonds. The highest BCUT2D eigenvalue weighted by Gasteiger charge is 2.41. The summed E-state index contributed by atoms with van der Waals surface area (Å²) >= 11 is 0. The Kier molecular flexibility index (Phi) is 14.9. The lowest BCUT2D eigenvalue weighted by molar-refractivity contribution is -0.134. The predicted octanol–water partition coefficient (Wildman–Crippen LogP) is 8.87. The molecule has 0 heterocycles. The second kappa shape index (κ2) is 16.3. The Bertz CT molecular complexity index is 1030. The van der Waals surface area contributed by atoms with Gasteiger partial charge < -0.3 is 18.7 Å². The molecule has 1 rings (SSSR count). The van der Waals surface area contributed by atoms with E-state index in [1.165, 1.54) is 18.7 Å². The second-order valence-electron chi connectivity index (χ2n) is 14.7. The minimum atomic E-state index is -2.10. The van der Waals surface area contributed by atoms with Crippen molar-refractivity contribution >= 4 is 22.6 Å². The first-order chi connectivity index (χ1) is 19.2. The highest BCUT2D eigenvalue weighted by atomic mass is 28.4. The van der Waals surface area contributed by atoms with Crippen LogP contribution in [0.2, 0.25) is 36.3 Å². The maximum Gasteiger partial charge on any atom is 0.330 e. The Hall–Kier alpha value is -1.78. The molecule has 42 heavy (non-hydrogen) atoms. The van der Waals surface area contributed by atoms with Gasteiger partial charge in [-0.1, -0.05) is 116 Å². The van der Waals surface area contributed by atoms with Gasteiger partial charge in [0.25, 0.3) is 0 Å². The molecule has 0 bridgehead atoms. The van der Waals surface area contributed by atoms with E-state index >= 15 is 0 Å². The van der Waals surface area contributed by atoms with Gasteiger partial charge in [0.05, 0.1) is 25.4 Å². The first-order valence-corrected chi connectivity index (χ1v) is 21.2. The molecule has 0 aliphatic heterocycles. The second-order valence-corrected chi connectivity index (χ2v) is 24.2. The number of aliphatic hydroxyl groups excluding tert-OH is 1. The van der Waals surface area contributed by atoms with E-state index in [1.807, 2.05) is 24.3 Å². The molecule has 1 aromatic carbocycles. The molecule has 1 aromatic rings. The third-order valence-corrected chi connectivity index (χ3v) is 18.0. The van der Waals surface area contributed by atoms with Crippen LogP contribution < -0.4 is 0 Å². The van der Waals surface area contributed by atoms with Gasteiger partial charge in [0, 0.05) is 12.5 Å². The minimum Gasteiger partial charge on any atom is -0.466 e. The number of esters is 1. The van der Waals surface area contributed by atoms with Crippen LogP contribution in [0, 0.1) is 11.8 Å². The van der Waals surface area contributed by atoms with Crippen molar-refractivity contribution in [3.05, 3.63) is 72.4 Å². The van der Waals surface area contributed by atoms with E-state index in [9.17, 15) is 9.90 Å². The number of carbonyl (C=O) groups excluding carboxylic acids is 1. The van der Waals surface area contributed by atoms with E-state index in [2.05, 4.69) is 117 Å². The van der Waals surface area contributed by atoms with E-state index in [1.54, 1.807) is 6.08 Å². The van der Waals surface area contributed by atoms with Gasteiger partial charge in [-0.3, -0.25) is 0 Å². The highest BCUT2D eigenvalue weighted by molar-refractivity contribution is 6.74. The van der Waals surface area contributed by atoms with E-state index in [0.29, 0.717) is 6.42 Å². The maximum atomic E-state index is 11.4. The normalized spacial score (nSPS) is 17.5. The molecule has 0 spiro atoms. The molecule has 0 saturated heterocycles. The van der Waals surface area contributed by atoms with Gasteiger partial charge in [-0.05, 0) is 60.1 Å². The summed E-state index contributed by atoms with van der Waals surface area (Å²) in [5.41, 5.74) is 1.26. The Morgan fingerprint density at radius 1 is 0.810 bits per heavy atom. The third-order valence-electron chi connectivity index (χ3n) is 9.03. The van der Waals surface area contributed by atoms with Crippen molar-refractivity contribution in [3.63, 3.8) is 0 Å². The molecule has 0 fully saturated rings. The largest absolute Gasteiger partial charge is 0.466 e. The lowest BCUT2D eigenvalue weighted by Gasteiger charge is -2.41. The molecule has 0 unspecified atom stereocenters. The van der Waals surface area contributed by atoms with Crippen LogP contribution in [0.4, 0.5) is 0 Å². The van der Waals surface area contributed by atoms with Gasteiger partial charge in [-0.2, -0.15) is 0 Å². The zero-order valence-corrected chi connectivity index (χ0v) is 30.7. The van der Waals surface area contributed by atoms with Crippen molar-refractivity contribution in [1.82, 2.24) is 0 Å². The molecular formula is C35H60O5Si2. The first kappa shape index (κ1) is 38.2. The van der Waals surface area contributed by atoms with E-state index in [-0.39, 0.29) is 40.1 Å². The average Bonchev–Trinajstić information content (AvgIpc) is 2.87. The number of hydrogen-bond acceptors (Lipinski definition) is 5. The fraction of sp³-hybridized carbons (Fsp3) is 0.629. The summed E-state index contributed by atoms with van der Waals surface area (Å²) in [4.78, 5) is 11.4. The number of rotatable bonds is 15. The van der Waals surface area contributed by atoms with Crippen LogP contribution in [0.15, 0.2) is 66.8 Å². The summed E-state index contributed by atoms with van der Waals surface area (Å²) in [5, 5.41) is 11.4. The van der Waals surface area contributed by atoms with Gasteiger partial charge in [0.2, 0.25) is 0 Å². The van der Waals surface area contributed by atoms with Gasteiger partial charge in [0.1, 0.15) is 0 Å². The maximum absolute atomic E-state index is 11.4. The molecule has 0 aliphatic rings. The smallest absolute Gasteiger partial charge is 0.330 e. The summed E-state index contributed by atoms with van der Waals surface area (Å²) < 4.78 is 18.4. The molecule has 5 atom stereocenters. The summed E-state index contributed by atoms with van der Waals surface area (Å²) in [6.07, 6.45) is 11.5. The molecule has 0 aromatic heterocycles. The SMILES string of the molecule is COC(=O)/C=C\C=C\[C@@H](C)[C@H](C[C@H](O)/C=C\[C@@H](C)[C@H](Cc1ccccc1)O[Si](C)(C)C(C)(C)C)O[Si](C)(C)C(C)(C)C. The Balaban J connectivity index is 3.16. The predicted molar refractivity (Wildman–Crippen MR) is 183 cm³/mol. The zero-order chi connectivity index (χ0) is 32.4. The van der Waals surface area contributed by atoms with Gasteiger partial charge in [-0.25, -0.2) is 4.79 Å². The molecule has 7 heteroatoms. The Labute approximate surface area is 259 Å². The molecule has 1 N–H and O–H groups in total. The number of carbonyl (C=O) groups is 1. The average molecular weight is 617 g/mol. The van der Waals surface area contributed by atoms with Crippen LogP contribution in [0.5, 0.6) is 0 Å². The Morgan fingerprint density at radius 3 is 1.81 bits per heavy atom. The lowest BCUT2D eigenvalue weighted by Crippen LogP contribution is -2.46. The topological polar surface area (TPSA) is 65.0 Å². The summed E-state index contributed by atoms with van der Waals surface area (Å²) in [6.45, 7) is 26.9. The van der Waals surface area contributed by atoms with Crippen LogP contribution in [0.25, 0.3) is 0 Å². The number of aliphatic hydroxyl groups is 1. The standard InChI is InChI=1S/C35H60O5Si2/c1-27(19-17-18-22-33(37)38-9)32(40-42(12,13)35(6,7)8)26-30(36)24-23-28(2)31(25-29-20-15-14-16-21-29)39-41(10,11)34(3,4)5/h14-24,27-28,30-32,36H,25-26H2,1-13H3/b19-17+,22-18-,24-23-/t27-,28-,30-,31+,32+/m1/s1. The van der Waals surface area contributed by atoms with Crippen molar-refractivity contribution in [2.24, 2.45) is 11.8 Å². The molecular weight excluding hydrogens is 557 g/mol. The molecule has 0 radical (unpaired) electrons. The number of benzene rings is 1. The van der Waals surface area contributed by atoms with Crippen LogP contribution in [-0.2, 0) is 24.8 Å². The van der Waals surface area contributed by atoms with Crippen LogP contribution in [-0.4, -0.2) is 53.1 Å². The first-order valence-electron chi connectivity index (χ1n) is 15.4. The molecule has 238 valence electrons. The minimum absolute atomic E-state index is 0.0134.